The van der Waals surface area contributed by atoms with Gasteiger partial charge < -0.3 is 14.7 Å². The van der Waals surface area contributed by atoms with Gasteiger partial charge in [0.05, 0.1) is 11.3 Å². The molecule has 7 heteroatoms. The van der Waals surface area contributed by atoms with Crippen LogP contribution in [0, 0.1) is 0 Å². The maximum atomic E-state index is 12.7. The van der Waals surface area contributed by atoms with E-state index in [9.17, 15) is 14.7 Å². The molecule has 0 unspecified atom stereocenters. The first-order valence-corrected chi connectivity index (χ1v) is 9.97. The largest absolute Gasteiger partial charge is 0.508 e. The van der Waals surface area contributed by atoms with Gasteiger partial charge in [-0.15, -0.1) is 5.11 Å². The van der Waals surface area contributed by atoms with E-state index in [1.807, 2.05) is 24.3 Å². The third-order valence-electron chi connectivity index (χ3n) is 4.98. The highest BCUT2D eigenvalue weighted by Gasteiger charge is 2.23. The smallest absolute Gasteiger partial charge is 0.340 e. The third-order valence-corrected chi connectivity index (χ3v) is 4.98. The average Bonchev–Trinajstić information content (AvgIpc) is 2.82. The second-order valence-electron chi connectivity index (χ2n) is 7.09. The highest BCUT2D eigenvalue weighted by molar-refractivity contribution is 5.99. The van der Waals surface area contributed by atoms with Crippen molar-refractivity contribution in [1.29, 1.82) is 0 Å². The Morgan fingerprint density at radius 2 is 1.68 bits per heavy atom. The van der Waals surface area contributed by atoms with Gasteiger partial charge in [0, 0.05) is 12.2 Å². The summed E-state index contributed by atoms with van der Waals surface area (Å²) in [6.07, 6.45) is 1.80. The second kappa shape index (κ2) is 9.21. The Hall–Kier alpha value is -4.00. The fraction of sp³-hybridized carbons (Fsp3) is 0.167. The molecule has 0 fully saturated rings. The summed E-state index contributed by atoms with van der Waals surface area (Å²) in [5.74, 6) is -0.772. The van der Waals surface area contributed by atoms with Crippen LogP contribution in [-0.4, -0.2) is 30.1 Å². The number of hydrogen-bond donors (Lipinski definition) is 1. The van der Waals surface area contributed by atoms with Crippen molar-refractivity contribution >= 4 is 28.9 Å². The molecule has 0 radical (unpaired) electrons. The van der Waals surface area contributed by atoms with Crippen molar-refractivity contribution in [3.8, 4) is 5.75 Å². The number of hydrogen-bond acceptors (Lipinski definition) is 6. The number of fused-ring (bicyclic) bond motifs is 1. The van der Waals surface area contributed by atoms with E-state index >= 15 is 0 Å². The number of rotatable bonds is 5. The average molecular weight is 415 g/mol. The van der Waals surface area contributed by atoms with Gasteiger partial charge >= 0.3 is 5.97 Å². The van der Waals surface area contributed by atoms with Crippen molar-refractivity contribution in [2.75, 3.05) is 18.1 Å². The molecule has 0 bridgehead atoms. The number of carbonyl (C=O) groups is 2. The quantitative estimate of drug-likeness (QED) is 0.472. The maximum absolute atomic E-state index is 12.7. The van der Waals surface area contributed by atoms with E-state index in [2.05, 4.69) is 10.2 Å². The summed E-state index contributed by atoms with van der Waals surface area (Å²) in [5.41, 5.74) is 3.07. The maximum Gasteiger partial charge on any atom is 0.340 e. The van der Waals surface area contributed by atoms with Crippen LogP contribution >= 0.6 is 0 Å². The minimum Gasteiger partial charge on any atom is -0.508 e. The van der Waals surface area contributed by atoms with Crippen LogP contribution in [0.1, 0.15) is 22.3 Å². The van der Waals surface area contributed by atoms with Crippen LogP contribution in [0.15, 0.2) is 83.0 Å². The van der Waals surface area contributed by atoms with E-state index in [1.54, 1.807) is 41.3 Å². The number of amides is 1. The number of para-hydroxylation sites is 1. The number of phenolic OH excluding ortho intramolecular Hbond substituents is 1. The topological polar surface area (TPSA) is 91.6 Å². The molecule has 0 atom stereocenters. The lowest BCUT2D eigenvalue weighted by Gasteiger charge is -2.29. The first-order valence-electron chi connectivity index (χ1n) is 9.97. The van der Waals surface area contributed by atoms with Crippen molar-refractivity contribution in [2.24, 2.45) is 10.2 Å². The van der Waals surface area contributed by atoms with E-state index in [1.165, 1.54) is 12.1 Å². The molecule has 1 N–H and O–H groups in total. The lowest BCUT2D eigenvalue weighted by molar-refractivity contribution is -0.121. The van der Waals surface area contributed by atoms with Crippen molar-refractivity contribution in [1.82, 2.24) is 0 Å². The third kappa shape index (κ3) is 4.78. The minimum absolute atomic E-state index is 0.129. The number of aryl methyl sites for hydroxylation is 1. The van der Waals surface area contributed by atoms with Gasteiger partial charge in [-0.25, -0.2) is 4.79 Å². The Morgan fingerprint density at radius 3 is 2.52 bits per heavy atom. The lowest BCUT2D eigenvalue weighted by Crippen LogP contribution is -2.38. The number of ether oxygens (including phenoxy) is 1. The first kappa shape index (κ1) is 20.3. The van der Waals surface area contributed by atoms with Gasteiger partial charge in [0.15, 0.2) is 6.61 Å². The van der Waals surface area contributed by atoms with Crippen LogP contribution in [0.3, 0.4) is 0 Å². The summed E-state index contributed by atoms with van der Waals surface area (Å²) in [6.45, 7) is 0.251. The Balaban J connectivity index is 1.44. The molecule has 7 nitrogen and oxygen atoms in total. The fourth-order valence-electron chi connectivity index (χ4n) is 3.44. The highest BCUT2D eigenvalue weighted by atomic mass is 16.5. The number of benzene rings is 3. The predicted molar refractivity (Wildman–Crippen MR) is 116 cm³/mol. The lowest BCUT2D eigenvalue weighted by atomic mass is 10.0. The van der Waals surface area contributed by atoms with E-state index in [4.69, 9.17) is 4.74 Å². The van der Waals surface area contributed by atoms with E-state index < -0.39 is 5.97 Å². The molecular formula is C24H21N3O4. The Labute approximate surface area is 179 Å². The minimum atomic E-state index is -0.640. The Morgan fingerprint density at radius 1 is 0.935 bits per heavy atom. The molecule has 3 aromatic carbocycles. The molecule has 0 saturated carbocycles. The molecule has 0 spiro atoms. The van der Waals surface area contributed by atoms with Gasteiger partial charge in [0.25, 0.3) is 5.91 Å². The standard InChI is InChI=1S/C24H21N3O4/c28-19-13-11-18(12-14-19)25-26-21-9-3-2-8-20(21)24(30)31-16-23(29)27-15-5-7-17-6-1-4-10-22(17)27/h1-4,6,8-14,28H,5,7,15-16H2. The fourth-order valence-corrected chi connectivity index (χ4v) is 3.44. The summed E-state index contributed by atoms with van der Waals surface area (Å²) in [5, 5.41) is 17.6. The normalized spacial score (nSPS) is 13.1. The molecule has 1 amide bonds. The van der Waals surface area contributed by atoms with E-state index in [0.29, 0.717) is 17.9 Å². The summed E-state index contributed by atoms with van der Waals surface area (Å²) in [7, 11) is 0. The van der Waals surface area contributed by atoms with Gasteiger partial charge in [-0.3, -0.25) is 4.79 Å². The molecule has 1 heterocycles. The van der Waals surface area contributed by atoms with Gasteiger partial charge in [-0.2, -0.15) is 5.11 Å². The monoisotopic (exact) mass is 415 g/mol. The number of phenols is 1. The summed E-state index contributed by atoms with van der Waals surface area (Å²) >= 11 is 0. The molecule has 156 valence electrons. The van der Waals surface area contributed by atoms with Crippen LogP contribution in [0.2, 0.25) is 0 Å². The molecule has 4 rings (SSSR count). The van der Waals surface area contributed by atoms with E-state index in [0.717, 1.165) is 24.1 Å². The summed E-state index contributed by atoms with van der Waals surface area (Å²) < 4.78 is 5.30. The summed E-state index contributed by atoms with van der Waals surface area (Å²) in [4.78, 5) is 27.0. The summed E-state index contributed by atoms with van der Waals surface area (Å²) in [6, 6.07) is 20.6. The van der Waals surface area contributed by atoms with Gasteiger partial charge in [0.2, 0.25) is 0 Å². The van der Waals surface area contributed by atoms with Gasteiger partial charge in [-0.05, 0) is 60.9 Å². The van der Waals surface area contributed by atoms with Gasteiger partial charge in [-0.1, -0.05) is 30.3 Å². The zero-order chi connectivity index (χ0) is 21.6. The molecule has 31 heavy (non-hydrogen) atoms. The number of azo groups is 1. The first-order chi connectivity index (χ1) is 15.1. The van der Waals surface area contributed by atoms with Crippen LogP contribution in [0.4, 0.5) is 17.1 Å². The number of nitrogens with zero attached hydrogens (tertiary/aromatic N) is 3. The molecule has 0 aliphatic carbocycles. The van der Waals surface area contributed by atoms with Gasteiger partial charge in [0.1, 0.15) is 11.4 Å². The molecule has 3 aromatic rings. The SMILES string of the molecule is O=C(OCC(=O)N1CCCc2ccccc21)c1ccccc1N=Nc1ccc(O)cc1. The second-order valence-corrected chi connectivity index (χ2v) is 7.09. The Bertz CT molecular complexity index is 1130. The Kier molecular flexibility index (Phi) is 6.03. The van der Waals surface area contributed by atoms with Crippen LogP contribution in [0.5, 0.6) is 5.75 Å². The number of aromatic hydroxyl groups is 1. The van der Waals surface area contributed by atoms with Crippen molar-refractivity contribution in [2.45, 2.75) is 12.8 Å². The van der Waals surface area contributed by atoms with Crippen LogP contribution < -0.4 is 4.90 Å². The number of anilines is 1. The zero-order valence-electron chi connectivity index (χ0n) is 16.8. The molecular weight excluding hydrogens is 394 g/mol. The zero-order valence-corrected chi connectivity index (χ0v) is 16.8. The van der Waals surface area contributed by atoms with Crippen LogP contribution in [-0.2, 0) is 16.0 Å². The van der Waals surface area contributed by atoms with Crippen molar-refractivity contribution in [3.63, 3.8) is 0 Å². The predicted octanol–water partition coefficient (Wildman–Crippen LogP) is 4.94. The van der Waals surface area contributed by atoms with Crippen molar-refractivity contribution in [3.05, 3.63) is 83.9 Å². The number of carbonyl (C=O) groups excluding carboxylic acids is 2. The van der Waals surface area contributed by atoms with Crippen molar-refractivity contribution < 1.29 is 19.4 Å². The number of esters is 1. The molecule has 0 aromatic heterocycles. The van der Waals surface area contributed by atoms with E-state index in [-0.39, 0.29) is 23.8 Å². The molecule has 1 aliphatic heterocycles. The highest BCUT2D eigenvalue weighted by Crippen LogP contribution is 2.27. The molecule has 0 saturated heterocycles. The van der Waals surface area contributed by atoms with Crippen LogP contribution in [0.25, 0.3) is 0 Å². The molecule has 1 aliphatic rings.